The van der Waals surface area contributed by atoms with Gasteiger partial charge in [-0.1, -0.05) is 42.9 Å². The normalized spacial score (nSPS) is 14.8. The fourth-order valence-corrected chi connectivity index (χ4v) is 3.18. The van der Waals surface area contributed by atoms with Crippen LogP contribution >= 0.6 is 11.3 Å². The Morgan fingerprint density at radius 2 is 2.19 bits per heavy atom. The molecule has 1 aliphatic rings. The van der Waals surface area contributed by atoms with E-state index >= 15 is 0 Å². The molecule has 0 amide bonds. The zero-order valence-corrected chi connectivity index (χ0v) is 12.6. The Morgan fingerprint density at radius 1 is 1.38 bits per heavy atom. The van der Waals surface area contributed by atoms with Gasteiger partial charge in [0.05, 0.1) is 10.6 Å². The number of nitrogens with zero attached hydrogens (tertiary/aromatic N) is 2. The molecule has 0 bridgehead atoms. The lowest BCUT2D eigenvalue weighted by Crippen LogP contribution is -2.12. The maximum atomic E-state index is 11.9. The molecule has 1 aromatic carbocycles. The van der Waals surface area contributed by atoms with E-state index in [2.05, 4.69) is 11.9 Å². The van der Waals surface area contributed by atoms with Gasteiger partial charge in [0.1, 0.15) is 0 Å². The summed E-state index contributed by atoms with van der Waals surface area (Å²) in [5, 5.41) is 10.2. The number of para-hydroxylation sites is 1. The molecular weight excluding hydrogens is 284 g/mol. The summed E-state index contributed by atoms with van der Waals surface area (Å²) in [4.78, 5) is 16.8. The molecule has 0 atom stereocenters. The van der Waals surface area contributed by atoms with Crippen molar-refractivity contribution in [2.75, 3.05) is 0 Å². The van der Waals surface area contributed by atoms with E-state index in [1.807, 2.05) is 30.3 Å². The van der Waals surface area contributed by atoms with Crippen molar-refractivity contribution in [2.45, 2.75) is 26.3 Å². The molecule has 2 aromatic rings. The van der Waals surface area contributed by atoms with Crippen LogP contribution in [0.1, 0.15) is 30.2 Å². The molecule has 0 fully saturated rings. The topological polar surface area (TPSA) is 54.6 Å². The van der Waals surface area contributed by atoms with Crippen molar-refractivity contribution >= 4 is 34.9 Å². The van der Waals surface area contributed by atoms with Crippen LogP contribution in [0.4, 0.5) is 5.69 Å². The zero-order chi connectivity index (χ0) is 14.8. The monoisotopic (exact) mass is 300 g/mol. The van der Waals surface area contributed by atoms with Gasteiger partial charge < -0.3 is 5.11 Å². The van der Waals surface area contributed by atoms with Crippen molar-refractivity contribution in [1.82, 2.24) is 4.57 Å². The highest BCUT2D eigenvalue weighted by Gasteiger charge is 2.15. The first-order valence-corrected chi connectivity index (χ1v) is 7.80. The van der Waals surface area contributed by atoms with Gasteiger partial charge in [-0.25, -0.2) is 0 Å². The van der Waals surface area contributed by atoms with Gasteiger partial charge in [-0.15, -0.1) is 0 Å². The van der Waals surface area contributed by atoms with Crippen molar-refractivity contribution in [2.24, 2.45) is 4.99 Å². The smallest absolute Gasteiger partial charge is 0.310 e. The van der Waals surface area contributed by atoms with Crippen molar-refractivity contribution < 1.29 is 5.11 Å². The fourth-order valence-electron chi connectivity index (χ4n) is 2.32. The van der Waals surface area contributed by atoms with Crippen molar-refractivity contribution in [3.63, 3.8) is 0 Å². The largest absolute Gasteiger partial charge is 0.493 e. The number of aromatic hydroxyl groups is 1. The van der Waals surface area contributed by atoms with E-state index in [0.717, 1.165) is 41.0 Å². The molecular formula is C16H16N2O2S. The fraction of sp³-hybridized carbons (Fsp3) is 0.250. The quantitative estimate of drug-likeness (QED) is 0.936. The highest BCUT2D eigenvalue weighted by atomic mass is 32.1. The number of thiazole rings is 1. The Balaban J connectivity index is 1.98. The number of aromatic nitrogens is 1. The predicted octanol–water partition coefficient (Wildman–Crippen LogP) is 3.67. The first kappa shape index (κ1) is 13.8. The molecule has 0 spiro atoms. The van der Waals surface area contributed by atoms with E-state index in [0.29, 0.717) is 11.4 Å². The molecule has 0 saturated heterocycles. The van der Waals surface area contributed by atoms with E-state index in [1.54, 1.807) is 6.21 Å². The number of fused-ring (bicyclic) bond motifs is 1. The molecule has 1 N–H and O–H groups in total. The third-order valence-corrected chi connectivity index (χ3v) is 4.39. The molecule has 3 rings (SSSR count). The Kier molecular flexibility index (Phi) is 3.75. The average Bonchev–Trinajstić information content (AvgIpc) is 3.01. The van der Waals surface area contributed by atoms with E-state index in [9.17, 15) is 9.90 Å². The predicted molar refractivity (Wildman–Crippen MR) is 87.6 cm³/mol. The van der Waals surface area contributed by atoms with Crippen LogP contribution in [0.25, 0.3) is 11.6 Å². The second kappa shape index (κ2) is 5.69. The second-order valence-electron chi connectivity index (χ2n) is 4.94. The molecule has 0 saturated carbocycles. The number of hydrogen-bond donors (Lipinski definition) is 1. The van der Waals surface area contributed by atoms with E-state index in [-0.39, 0.29) is 10.8 Å². The van der Waals surface area contributed by atoms with Crippen LogP contribution in [0.15, 0.2) is 34.1 Å². The number of allylic oxidation sites excluding steroid dienone is 1. The molecule has 5 heteroatoms. The first-order chi connectivity index (χ1) is 10.2. The summed E-state index contributed by atoms with van der Waals surface area (Å²) in [6, 6.07) is 7.83. The van der Waals surface area contributed by atoms with Crippen LogP contribution in [-0.2, 0) is 6.54 Å². The number of benzene rings is 1. The van der Waals surface area contributed by atoms with Gasteiger partial charge in [-0.2, -0.15) is 0 Å². The maximum absolute atomic E-state index is 11.9. The molecule has 0 unspecified atom stereocenters. The molecule has 1 aliphatic heterocycles. The van der Waals surface area contributed by atoms with Crippen LogP contribution in [0.3, 0.4) is 0 Å². The molecule has 108 valence electrons. The lowest BCUT2D eigenvalue weighted by molar-refractivity contribution is 0.408. The minimum absolute atomic E-state index is 0.0590. The van der Waals surface area contributed by atoms with Crippen molar-refractivity contribution in [3.8, 4) is 5.88 Å². The Hall–Kier alpha value is -2.14. The van der Waals surface area contributed by atoms with Crippen LogP contribution in [0.5, 0.6) is 5.88 Å². The number of hydrogen-bond acceptors (Lipinski definition) is 4. The SMILES string of the molecule is CCCCn1c(O)c(/C=C2/C=Nc3ccccc32)sc1=O. The minimum atomic E-state index is -0.115. The summed E-state index contributed by atoms with van der Waals surface area (Å²) in [5.74, 6) is 0.0590. The summed E-state index contributed by atoms with van der Waals surface area (Å²) in [6.07, 6.45) is 5.46. The van der Waals surface area contributed by atoms with Gasteiger partial charge >= 0.3 is 4.87 Å². The molecule has 2 heterocycles. The Bertz CT molecular complexity index is 784. The summed E-state index contributed by atoms with van der Waals surface area (Å²) >= 11 is 1.07. The lowest BCUT2D eigenvalue weighted by atomic mass is 10.1. The highest BCUT2D eigenvalue weighted by molar-refractivity contribution is 7.10. The van der Waals surface area contributed by atoms with Gasteiger partial charge in [0.15, 0.2) is 0 Å². The van der Waals surface area contributed by atoms with Gasteiger partial charge in [0.2, 0.25) is 5.88 Å². The van der Waals surface area contributed by atoms with Crippen LogP contribution in [-0.4, -0.2) is 15.9 Å². The van der Waals surface area contributed by atoms with Gasteiger partial charge in [-0.3, -0.25) is 14.4 Å². The number of rotatable bonds is 4. The minimum Gasteiger partial charge on any atom is -0.493 e. The average molecular weight is 300 g/mol. The van der Waals surface area contributed by atoms with Crippen LogP contribution in [0, 0.1) is 0 Å². The summed E-state index contributed by atoms with van der Waals surface area (Å²) in [7, 11) is 0. The standard InChI is InChI=1S/C16H16N2O2S/c1-2-3-8-18-15(19)14(21-16(18)20)9-11-10-17-13-7-5-4-6-12(11)13/h4-7,9-10,19H,2-3,8H2,1H3/b11-9-. The molecule has 21 heavy (non-hydrogen) atoms. The second-order valence-corrected chi connectivity index (χ2v) is 5.93. The van der Waals surface area contributed by atoms with Crippen LogP contribution < -0.4 is 4.87 Å². The molecule has 1 aromatic heterocycles. The Labute approximate surface area is 126 Å². The maximum Gasteiger partial charge on any atom is 0.310 e. The zero-order valence-electron chi connectivity index (χ0n) is 11.7. The molecule has 0 radical (unpaired) electrons. The van der Waals surface area contributed by atoms with Gasteiger partial charge in [0, 0.05) is 23.9 Å². The lowest BCUT2D eigenvalue weighted by Gasteiger charge is -2.02. The van der Waals surface area contributed by atoms with Gasteiger partial charge in [-0.05, 0) is 18.6 Å². The van der Waals surface area contributed by atoms with Gasteiger partial charge in [0.25, 0.3) is 0 Å². The van der Waals surface area contributed by atoms with E-state index < -0.39 is 0 Å². The molecule has 4 nitrogen and oxygen atoms in total. The summed E-state index contributed by atoms with van der Waals surface area (Å²) in [6.45, 7) is 2.62. The van der Waals surface area contributed by atoms with E-state index in [1.165, 1.54) is 4.57 Å². The third-order valence-electron chi connectivity index (χ3n) is 3.47. The Morgan fingerprint density at radius 3 is 3.00 bits per heavy atom. The molecule has 0 aliphatic carbocycles. The van der Waals surface area contributed by atoms with Crippen molar-refractivity contribution in [1.29, 1.82) is 0 Å². The summed E-state index contributed by atoms with van der Waals surface area (Å²) < 4.78 is 1.44. The van der Waals surface area contributed by atoms with Crippen LogP contribution in [0.2, 0.25) is 0 Å². The van der Waals surface area contributed by atoms with E-state index in [4.69, 9.17) is 0 Å². The first-order valence-electron chi connectivity index (χ1n) is 6.98. The highest BCUT2D eigenvalue weighted by Crippen LogP contribution is 2.34. The third kappa shape index (κ3) is 2.56. The summed E-state index contributed by atoms with van der Waals surface area (Å²) in [5.41, 5.74) is 2.86. The number of aliphatic imine (C=N–C) groups is 1. The van der Waals surface area contributed by atoms with Crippen molar-refractivity contribution in [3.05, 3.63) is 44.4 Å². The number of unbranched alkanes of at least 4 members (excludes halogenated alkanes) is 1.